The van der Waals surface area contributed by atoms with Crippen molar-refractivity contribution in [2.24, 2.45) is 13.0 Å². The molecule has 2 aromatic rings. The van der Waals surface area contributed by atoms with Crippen LogP contribution >= 0.6 is 0 Å². The average molecular weight is 489 g/mol. The minimum Gasteiger partial charge on any atom is -1.00 e. The van der Waals surface area contributed by atoms with E-state index >= 15 is 0 Å². The van der Waals surface area contributed by atoms with Gasteiger partial charge in [0.05, 0.1) is 11.6 Å². The predicted octanol–water partition coefficient (Wildman–Crippen LogP) is 2.67. The van der Waals surface area contributed by atoms with Gasteiger partial charge in [-0.15, -0.1) is 0 Å². The van der Waals surface area contributed by atoms with E-state index < -0.39 is 0 Å². The van der Waals surface area contributed by atoms with Crippen molar-refractivity contribution in [3.63, 3.8) is 0 Å². The molecule has 1 fully saturated rings. The number of rotatable bonds is 8. The number of nitriles is 1. The summed E-state index contributed by atoms with van der Waals surface area (Å²) in [6.07, 6.45) is 16.7. The first kappa shape index (κ1) is 22.7. The summed E-state index contributed by atoms with van der Waals surface area (Å²) in [4.78, 5) is 2.35. The van der Waals surface area contributed by atoms with Crippen molar-refractivity contribution >= 4 is 11.4 Å². The van der Waals surface area contributed by atoms with Gasteiger partial charge in [-0.2, -0.15) is 5.26 Å². The fourth-order valence-electron chi connectivity index (χ4n) is 4.24. The molecule has 0 N–H and O–H groups in total. The minimum absolute atomic E-state index is 0. The number of benzene rings is 1. The van der Waals surface area contributed by atoms with Crippen LogP contribution in [-0.4, -0.2) is 6.54 Å². The topological polar surface area (TPSA) is 30.9 Å². The Labute approximate surface area is 187 Å². The molecule has 0 radical (unpaired) electrons. The van der Waals surface area contributed by atoms with Crippen LogP contribution in [-0.2, 0) is 7.05 Å². The van der Waals surface area contributed by atoms with Crippen LogP contribution < -0.4 is 33.4 Å². The molecule has 0 saturated heterocycles. The molecule has 3 rings (SSSR count). The van der Waals surface area contributed by atoms with E-state index in [2.05, 4.69) is 53.2 Å². The normalized spacial score (nSPS) is 14.1. The molecule has 0 amide bonds. The zero-order valence-electron chi connectivity index (χ0n) is 17.0. The van der Waals surface area contributed by atoms with Crippen LogP contribution in [0.2, 0.25) is 0 Å². The van der Waals surface area contributed by atoms with E-state index in [0.29, 0.717) is 0 Å². The van der Waals surface area contributed by atoms with Crippen molar-refractivity contribution in [3.05, 3.63) is 54.4 Å². The number of aryl methyl sites for hydroxylation is 1. The Kier molecular flexibility index (Phi) is 9.77. The lowest BCUT2D eigenvalue weighted by Gasteiger charge is -2.24. The lowest BCUT2D eigenvalue weighted by Crippen LogP contribution is -3.00. The molecule has 1 aromatic carbocycles. The third-order valence-corrected chi connectivity index (χ3v) is 5.74. The van der Waals surface area contributed by atoms with Crippen LogP contribution in [0.5, 0.6) is 0 Å². The Balaban J connectivity index is 0.00000280. The van der Waals surface area contributed by atoms with Crippen molar-refractivity contribution in [1.29, 1.82) is 5.26 Å². The Morgan fingerprint density at radius 3 is 2.57 bits per heavy atom. The SMILES string of the molecule is C[n+]1cccc(N(CCCCCC2CCCCC2)c2cccc(C#N)c2)c1.[I-]. The summed E-state index contributed by atoms with van der Waals surface area (Å²) >= 11 is 0. The highest BCUT2D eigenvalue weighted by atomic mass is 127. The summed E-state index contributed by atoms with van der Waals surface area (Å²) < 4.78 is 2.08. The standard InChI is InChI=1S/C24H32N3.HI/c1-26-16-9-15-24(20-26)27(23-14-8-13-22(18-23)19-25)17-7-3-6-12-21-10-4-2-5-11-21;/h8-9,13-16,18,20-21H,2-7,10-12,17H2,1H3;1H/q+1;/p-1. The van der Waals surface area contributed by atoms with Gasteiger partial charge in [0.1, 0.15) is 12.7 Å². The summed E-state index contributed by atoms with van der Waals surface area (Å²) in [6, 6.07) is 14.5. The van der Waals surface area contributed by atoms with Gasteiger partial charge >= 0.3 is 0 Å². The molecule has 0 bridgehead atoms. The van der Waals surface area contributed by atoms with E-state index in [1.54, 1.807) is 0 Å². The van der Waals surface area contributed by atoms with Crippen molar-refractivity contribution in [2.45, 2.75) is 57.8 Å². The lowest BCUT2D eigenvalue weighted by molar-refractivity contribution is -0.670. The number of hydrogen-bond acceptors (Lipinski definition) is 2. The maximum absolute atomic E-state index is 9.26. The van der Waals surface area contributed by atoms with E-state index in [1.165, 1.54) is 63.5 Å². The fraction of sp³-hybridized carbons (Fsp3) is 0.500. The first-order valence-electron chi connectivity index (χ1n) is 10.5. The number of hydrogen-bond donors (Lipinski definition) is 0. The molecule has 1 aliphatic rings. The molecule has 1 aliphatic carbocycles. The molecule has 0 atom stereocenters. The van der Waals surface area contributed by atoms with E-state index in [4.69, 9.17) is 0 Å². The van der Waals surface area contributed by atoms with Gasteiger partial charge in [0, 0.05) is 18.3 Å². The second-order valence-corrected chi connectivity index (χ2v) is 7.89. The highest BCUT2D eigenvalue weighted by Gasteiger charge is 2.14. The summed E-state index contributed by atoms with van der Waals surface area (Å²) in [5, 5.41) is 9.26. The van der Waals surface area contributed by atoms with Crippen molar-refractivity contribution in [3.8, 4) is 6.07 Å². The minimum atomic E-state index is 0. The lowest BCUT2D eigenvalue weighted by atomic mass is 9.85. The number of nitrogens with zero attached hydrogens (tertiary/aromatic N) is 3. The number of halogens is 1. The van der Waals surface area contributed by atoms with E-state index in [1.807, 2.05) is 18.2 Å². The van der Waals surface area contributed by atoms with Gasteiger partial charge in [-0.1, -0.05) is 57.4 Å². The molecule has 1 aromatic heterocycles. The number of anilines is 2. The third-order valence-electron chi connectivity index (χ3n) is 5.74. The van der Waals surface area contributed by atoms with Gasteiger partial charge in [-0.05, 0) is 36.6 Å². The summed E-state index contributed by atoms with van der Waals surface area (Å²) in [7, 11) is 2.05. The Morgan fingerprint density at radius 1 is 1.04 bits per heavy atom. The first-order valence-corrected chi connectivity index (χ1v) is 10.5. The second-order valence-electron chi connectivity index (χ2n) is 7.89. The zero-order chi connectivity index (χ0) is 18.9. The smallest absolute Gasteiger partial charge is 0.192 e. The molecule has 28 heavy (non-hydrogen) atoms. The van der Waals surface area contributed by atoms with Crippen molar-refractivity contribution in [2.75, 3.05) is 11.4 Å². The van der Waals surface area contributed by atoms with Crippen LogP contribution in [0.15, 0.2) is 48.8 Å². The van der Waals surface area contributed by atoms with Gasteiger partial charge in [0.25, 0.3) is 0 Å². The summed E-state index contributed by atoms with van der Waals surface area (Å²) in [6.45, 7) is 0.990. The second kappa shape index (κ2) is 12.1. The molecule has 4 heteroatoms. The average Bonchev–Trinajstić information content (AvgIpc) is 2.71. The van der Waals surface area contributed by atoms with Crippen molar-refractivity contribution < 1.29 is 28.5 Å². The van der Waals surface area contributed by atoms with Crippen LogP contribution in [0.1, 0.15) is 63.4 Å². The molecular weight excluding hydrogens is 457 g/mol. The van der Waals surface area contributed by atoms with Gasteiger partial charge in [-0.25, -0.2) is 4.57 Å². The van der Waals surface area contributed by atoms with Crippen LogP contribution in [0.3, 0.4) is 0 Å². The molecule has 0 spiro atoms. The molecule has 150 valence electrons. The summed E-state index contributed by atoms with van der Waals surface area (Å²) in [5.41, 5.74) is 3.00. The van der Waals surface area contributed by atoms with Crippen LogP contribution in [0.4, 0.5) is 11.4 Å². The monoisotopic (exact) mass is 489 g/mol. The number of pyridine rings is 1. The molecular formula is C24H32IN3. The number of aromatic nitrogens is 1. The van der Waals surface area contributed by atoms with Gasteiger partial charge in [0.15, 0.2) is 12.4 Å². The van der Waals surface area contributed by atoms with Crippen LogP contribution in [0, 0.1) is 17.2 Å². The maximum atomic E-state index is 9.26. The van der Waals surface area contributed by atoms with E-state index in [9.17, 15) is 5.26 Å². The molecule has 3 nitrogen and oxygen atoms in total. The largest absolute Gasteiger partial charge is 1.00 e. The quantitative estimate of drug-likeness (QED) is 0.325. The predicted molar refractivity (Wildman–Crippen MR) is 111 cm³/mol. The Morgan fingerprint density at radius 2 is 1.82 bits per heavy atom. The molecule has 1 heterocycles. The van der Waals surface area contributed by atoms with Gasteiger partial charge in [0.2, 0.25) is 0 Å². The van der Waals surface area contributed by atoms with E-state index in [-0.39, 0.29) is 24.0 Å². The first-order chi connectivity index (χ1) is 13.3. The highest BCUT2D eigenvalue weighted by molar-refractivity contribution is 5.63. The molecule has 1 saturated carbocycles. The zero-order valence-corrected chi connectivity index (χ0v) is 19.1. The fourth-order valence-corrected chi connectivity index (χ4v) is 4.24. The Hall–Kier alpha value is -1.61. The maximum Gasteiger partial charge on any atom is 0.192 e. The molecule has 0 unspecified atom stereocenters. The third kappa shape index (κ3) is 6.77. The highest BCUT2D eigenvalue weighted by Crippen LogP contribution is 2.29. The van der Waals surface area contributed by atoms with Crippen molar-refractivity contribution in [1.82, 2.24) is 0 Å². The van der Waals surface area contributed by atoms with Gasteiger partial charge < -0.3 is 28.9 Å². The van der Waals surface area contributed by atoms with Gasteiger partial charge in [-0.3, -0.25) is 0 Å². The van der Waals surface area contributed by atoms with E-state index in [0.717, 1.165) is 23.7 Å². The Bertz CT molecular complexity index is 762. The molecule has 0 aliphatic heterocycles. The number of unbranched alkanes of at least 4 members (excludes halogenated alkanes) is 2. The summed E-state index contributed by atoms with van der Waals surface area (Å²) in [5.74, 6) is 0.982. The van der Waals surface area contributed by atoms with Crippen LogP contribution in [0.25, 0.3) is 0 Å².